The fourth-order valence-corrected chi connectivity index (χ4v) is 2.98. The van der Waals surface area contributed by atoms with Gasteiger partial charge in [0.1, 0.15) is 0 Å². The number of rotatable bonds is 4. The lowest BCUT2D eigenvalue weighted by atomic mass is 9.91. The van der Waals surface area contributed by atoms with Crippen LogP contribution in [-0.4, -0.2) is 60.3 Å². The largest absolute Gasteiger partial charge is 0.375 e. The van der Waals surface area contributed by atoms with E-state index < -0.39 is 0 Å². The number of hydrogen-bond donors (Lipinski definition) is 0. The number of ether oxygens (including phenoxy) is 1. The maximum absolute atomic E-state index is 9.32. The Bertz CT molecular complexity index is 320. The van der Waals surface area contributed by atoms with Gasteiger partial charge in [-0.15, -0.1) is 0 Å². The number of piperazine rings is 1. The molecule has 0 aromatic carbocycles. The molecule has 4 nitrogen and oxygen atoms in total. The molecule has 4 heteroatoms. The monoisotopic (exact) mass is 251 g/mol. The summed E-state index contributed by atoms with van der Waals surface area (Å²) < 4.78 is 5.24. The second-order valence-electron chi connectivity index (χ2n) is 5.81. The van der Waals surface area contributed by atoms with Crippen LogP contribution in [0.2, 0.25) is 0 Å². The molecule has 2 heterocycles. The normalized spacial score (nSPS) is 25.4. The van der Waals surface area contributed by atoms with Gasteiger partial charge in [-0.3, -0.25) is 9.80 Å². The second-order valence-corrected chi connectivity index (χ2v) is 5.81. The molecule has 0 atom stereocenters. The number of nitriles is 1. The Hall–Kier alpha value is -0.630. The molecule has 0 aromatic rings. The summed E-state index contributed by atoms with van der Waals surface area (Å²) in [5.74, 6) is 0. The van der Waals surface area contributed by atoms with E-state index in [1.807, 2.05) is 0 Å². The van der Waals surface area contributed by atoms with Gasteiger partial charge in [-0.05, 0) is 19.8 Å². The Balaban J connectivity index is 1.94. The molecule has 0 unspecified atom stereocenters. The van der Waals surface area contributed by atoms with Crippen LogP contribution in [-0.2, 0) is 4.74 Å². The summed E-state index contributed by atoms with van der Waals surface area (Å²) in [5, 5.41) is 9.32. The first-order valence-corrected chi connectivity index (χ1v) is 7.09. The first kappa shape index (κ1) is 13.8. The van der Waals surface area contributed by atoms with Crippen LogP contribution in [0.3, 0.4) is 0 Å². The quantitative estimate of drug-likeness (QED) is 0.758. The highest BCUT2D eigenvalue weighted by Crippen LogP contribution is 2.29. The molecule has 0 aromatic heterocycles. The Morgan fingerprint density at radius 1 is 1.17 bits per heavy atom. The fraction of sp³-hybridized carbons (Fsp3) is 0.929. The zero-order chi connectivity index (χ0) is 13.2. The smallest absolute Gasteiger partial charge is 0.156 e. The highest BCUT2D eigenvalue weighted by molar-refractivity contribution is 5.14. The lowest BCUT2D eigenvalue weighted by Crippen LogP contribution is -2.67. The van der Waals surface area contributed by atoms with E-state index in [0.29, 0.717) is 18.8 Å². The molecule has 2 fully saturated rings. The van der Waals surface area contributed by atoms with Crippen molar-refractivity contribution in [3.63, 3.8) is 0 Å². The topological polar surface area (TPSA) is 39.5 Å². The molecule has 102 valence electrons. The van der Waals surface area contributed by atoms with Crippen LogP contribution in [0.4, 0.5) is 0 Å². The van der Waals surface area contributed by atoms with E-state index in [1.54, 1.807) is 0 Å². The van der Waals surface area contributed by atoms with E-state index in [1.165, 1.54) is 12.8 Å². The van der Waals surface area contributed by atoms with Crippen molar-refractivity contribution in [2.24, 2.45) is 0 Å². The minimum atomic E-state index is -0.319. The van der Waals surface area contributed by atoms with Crippen molar-refractivity contribution < 1.29 is 4.74 Å². The van der Waals surface area contributed by atoms with Crippen molar-refractivity contribution in [1.82, 2.24) is 9.80 Å². The molecule has 18 heavy (non-hydrogen) atoms. The van der Waals surface area contributed by atoms with Crippen molar-refractivity contribution in [3.05, 3.63) is 0 Å². The lowest BCUT2D eigenvalue weighted by Gasteiger charge is -2.51. The Morgan fingerprint density at radius 2 is 1.72 bits per heavy atom. The minimum absolute atomic E-state index is 0.319. The predicted molar refractivity (Wildman–Crippen MR) is 71.3 cm³/mol. The van der Waals surface area contributed by atoms with Gasteiger partial charge < -0.3 is 4.74 Å². The minimum Gasteiger partial charge on any atom is -0.375 e. The molecule has 0 spiro atoms. The highest BCUT2D eigenvalue weighted by Gasteiger charge is 2.46. The van der Waals surface area contributed by atoms with Gasteiger partial charge in [0.05, 0.1) is 19.3 Å². The van der Waals surface area contributed by atoms with Gasteiger partial charge in [-0.2, -0.15) is 5.26 Å². The molecule has 0 saturated carbocycles. The summed E-state index contributed by atoms with van der Waals surface area (Å²) in [4.78, 5) is 4.91. The van der Waals surface area contributed by atoms with E-state index in [4.69, 9.17) is 4.74 Å². The Kier molecular flexibility index (Phi) is 3.96. The average Bonchev–Trinajstić information content (AvgIpc) is 2.38. The van der Waals surface area contributed by atoms with E-state index in [2.05, 4.69) is 36.6 Å². The third kappa shape index (κ3) is 2.16. The molecule has 2 aliphatic rings. The maximum Gasteiger partial charge on any atom is 0.156 e. The summed E-state index contributed by atoms with van der Waals surface area (Å²) in [7, 11) is 0. The molecule has 0 N–H and O–H groups in total. The third-order valence-electron chi connectivity index (χ3n) is 5.06. The van der Waals surface area contributed by atoms with Gasteiger partial charge in [0.2, 0.25) is 0 Å². The van der Waals surface area contributed by atoms with Crippen LogP contribution in [0, 0.1) is 11.3 Å². The molecule has 0 bridgehead atoms. The van der Waals surface area contributed by atoms with Crippen molar-refractivity contribution in [3.8, 4) is 6.07 Å². The molecule has 0 aliphatic carbocycles. The zero-order valence-corrected chi connectivity index (χ0v) is 11.9. The maximum atomic E-state index is 9.32. The standard InChI is InChI=1S/C14H25N3O/c1-4-13(3,5-2)16-6-8-17(9-7-16)14(10-15)11-18-12-14/h4-9,11-12H2,1-3H3. The van der Waals surface area contributed by atoms with Gasteiger partial charge in [0, 0.05) is 31.7 Å². The first-order chi connectivity index (χ1) is 8.60. The van der Waals surface area contributed by atoms with Crippen LogP contribution < -0.4 is 0 Å². The Morgan fingerprint density at radius 3 is 2.06 bits per heavy atom. The van der Waals surface area contributed by atoms with Gasteiger partial charge in [-0.1, -0.05) is 13.8 Å². The van der Waals surface area contributed by atoms with Crippen LogP contribution in [0.25, 0.3) is 0 Å². The lowest BCUT2D eigenvalue weighted by molar-refractivity contribution is -0.124. The second kappa shape index (κ2) is 5.16. The number of nitrogens with zero attached hydrogens (tertiary/aromatic N) is 3. The SMILES string of the molecule is CCC(C)(CC)N1CCN(C2(C#N)COC2)CC1. The van der Waals surface area contributed by atoms with Gasteiger partial charge in [0.15, 0.2) is 5.54 Å². The molecular formula is C14H25N3O. The van der Waals surface area contributed by atoms with E-state index in [-0.39, 0.29) is 5.54 Å². The first-order valence-electron chi connectivity index (χ1n) is 7.09. The average molecular weight is 251 g/mol. The summed E-state index contributed by atoms with van der Waals surface area (Å²) in [5.41, 5.74) is 0.00291. The van der Waals surface area contributed by atoms with E-state index in [0.717, 1.165) is 26.2 Å². The van der Waals surface area contributed by atoms with Gasteiger partial charge >= 0.3 is 0 Å². The molecule has 0 amide bonds. The molecular weight excluding hydrogens is 226 g/mol. The Labute approximate surface area is 110 Å². The van der Waals surface area contributed by atoms with Crippen molar-refractivity contribution in [2.45, 2.75) is 44.7 Å². The summed E-state index contributed by atoms with van der Waals surface area (Å²) in [6, 6.07) is 2.45. The van der Waals surface area contributed by atoms with Crippen LogP contribution in [0.15, 0.2) is 0 Å². The van der Waals surface area contributed by atoms with Crippen molar-refractivity contribution in [2.75, 3.05) is 39.4 Å². The zero-order valence-electron chi connectivity index (χ0n) is 11.9. The molecule has 2 saturated heterocycles. The van der Waals surface area contributed by atoms with Gasteiger partial charge in [-0.25, -0.2) is 0 Å². The predicted octanol–water partition coefficient (Wildman–Crippen LogP) is 1.48. The van der Waals surface area contributed by atoms with Crippen molar-refractivity contribution >= 4 is 0 Å². The van der Waals surface area contributed by atoms with E-state index in [9.17, 15) is 5.26 Å². The fourth-order valence-electron chi connectivity index (χ4n) is 2.98. The molecule has 2 aliphatic heterocycles. The molecule has 2 rings (SSSR count). The third-order valence-corrected chi connectivity index (χ3v) is 5.06. The van der Waals surface area contributed by atoms with Crippen molar-refractivity contribution in [1.29, 1.82) is 5.26 Å². The summed E-state index contributed by atoms with van der Waals surface area (Å²) in [6.45, 7) is 12.2. The highest BCUT2D eigenvalue weighted by atomic mass is 16.5. The van der Waals surface area contributed by atoms with Crippen LogP contribution >= 0.6 is 0 Å². The van der Waals surface area contributed by atoms with Gasteiger partial charge in [0.25, 0.3) is 0 Å². The van der Waals surface area contributed by atoms with E-state index >= 15 is 0 Å². The van der Waals surface area contributed by atoms with Crippen LogP contribution in [0.5, 0.6) is 0 Å². The summed E-state index contributed by atoms with van der Waals surface area (Å²) >= 11 is 0. The summed E-state index contributed by atoms with van der Waals surface area (Å²) in [6.07, 6.45) is 2.38. The number of hydrogen-bond acceptors (Lipinski definition) is 4. The molecule has 0 radical (unpaired) electrons. The van der Waals surface area contributed by atoms with Crippen LogP contribution in [0.1, 0.15) is 33.6 Å².